The number of hydrogen-bond acceptors (Lipinski definition) is 6. The van der Waals surface area contributed by atoms with Gasteiger partial charge in [0.25, 0.3) is 0 Å². The van der Waals surface area contributed by atoms with Crippen LogP contribution in [0.3, 0.4) is 0 Å². The Morgan fingerprint density at radius 3 is 2.45 bits per heavy atom. The maximum Gasteiger partial charge on any atom is 0.162 e. The van der Waals surface area contributed by atoms with Crippen molar-refractivity contribution < 1.29 is 18.9 Å². The van der Waals surface area contributed by atoms with E-state index in [4.69, 9.17) is 18.9 Å². The molecule has 2 aliphatic rings. The average molecular weight is 421 g/mol. The second kappa shape index (κ2) is 8.99. The molecule has 3 heterocycles. The van der Waals surface area contributed by atoms with Gasteiger partial charge in [0.15, 0.2) is 11.5 Å². The molecule has 31 heavy (non-hydrogen) atoms. The van der Waals surface area contributed by atoms with Gasteiger partial charge < -0.3 is 23.8 Å². The zero-order valence-corrected chi connectivity index (χ0v) is 17.7. The highest BCUT2D eigenvalue weighted by atomic mass is 16.6. The van der Waals surface area contributed by atoms with E-state index in [9.17, 15) is 0 Å². The van der Waals surface area contributed by atoms with E-state index in [1.807, 2.05) is 35.1 Å². The third kappa shape index (κ3) is 4.24. The van der Waals surface area contributed by atoms with E-state index in [2.05, 4.69) is 34.3 Å². The monoisotopic (exact) mass is 421 g/mol. The van der Waals surface area contributed by atoms with Crippen molar-refractivity contribution >= 4 is 5.69 Å². The van der Waals surface area contributed by atoms with Crippen LogP contribution >= 0.6 is 0 Å². The molecule has 3 aromatic rings. The Hall–Kier alpha value is -3.03. The van der Waals surface area contributed by atoms with Crippen molar-refractivity contribution in [2.24, 2.45) is 0 Å². The molecule has 0 aliphatic carbocycles. The summed E-state index contributed by atoms with van der Waals surface area (Å²) >= 11 is 0. The van der Waals surface area contributed by atoms with E-state index >= 15 is 0 Å². The Kier molecular flexibility index (Phi) is 5.78. The van der Waals surface area contributed by atoms with Crippen LogP contribution in [-0.4, -0.2) is 62.5 Å². The van der Waals surface area contributed by atoms with Crippen LogP contribution in [0.2, 0.25) is 0 Å². The maximum absolute atomic E-state index is 6.17. The maximum atomic E-state index is 6.17. The van der Waals surface area contributed by atoms with Gasteiger partial charge in [0.05, 0.1) is 51.1 Å². The Morgan fingerprint density at radius 1 is 0.903 bits per heavy atom. The molecule has 0 amide bonds. The summed E-state index contributed by atoms with van der Waals surface area (Å²) in [6, 6.07) is 16.5. The van der Waals surface area contributed by atoms with Crippen molar-refractivity contribution in [3.8, 4) is 28.4 Å². The van der Waals surface area contributed by atoms with Gasteiger partial charge in [-0.15, -0.1) is 0 Å². The van der Waals surface area contributed by atoms with Gasteiger partial charge >= 0.3 is 0 Å². The molecule has 5 rings (SSSR count). The molecule has 2 fully saturated rings. The lowest BCUT2D eigenvalue weighted by atomic mass is 10.1. The lowest BCUT2D eigenvalue weighted by Crippen LogP contribution is -2.36. The molecule has 2 aliphatic heterocycles. The van der Waals surface area contributed by atoms with Crippen LogP contribution in [0.25, 0.3) is 16.9 Å². The first kappa shape index (κ1) is 19.9. The Bertz CT molecular complexity index is 1010. The molecular weight excluding hydrogens is 394 g/mol. The Labute approximate surface area is 182 Å². The zero-order chi connectivity index (χ0) is 21.0. The molecule has 0 saturated carbocycles. The number of methoxy groups -OCH3 is 1. The van der Waals surface area contributed by atoms with Crippen LogP contribution in [0.4, 0.5) is 5.69 Å². The van der Waals surface area contributed by atoms with Gasteiger partial charge in [-0.25, -0.2) is 4.68 Å². The fourth-order valence-electron chi connectivity index (χ4n) is 4.07. The number of nitrogens with zero attached hydrogens (tertiary/aromatic N) is 3. The molecule has 7 heteroatoms. The van der Waals surface area contributed by atoms with Gasteiger partial charge in [-0.05, 0) is 48.5 Å². The summed E-state index contributed by atoms with van der Waals surface area (Å²) in [6.07, 6.45) is 2.77. The minimum absolute atomic E-state index is 0.0572. The average Bonchev–Trinajstić information content (AvgIpc) is 3.52. The van der Waals surface area contributed by atoms with E-state index in [0.717, 1.165) is 67.8 Å². The van der Waals surface area contributed by atoms with Crippen molar-refractivity contribution in [3.05, 3.63) is 54.7 Å². The van der Waals surface area contributed by atoms with E-state index in [1.54, 1.807) is 7.11 Å². The number of hydrogen-bond donors (Lipinski definition) is 0. The first-order valence-electron chi connectivity index (χ1n) is 10.7. The predicted octanol–water partition coefficient (Wildman–Crippen LogP) is 3.55. The molecule has 2 aromatic carbocycles. The lowest BCUT2D eigenvalue weighted by molar-refractivity contribution is 0.122. The molecule has 1 unspecified atom stereocenters. The summed E-state index contributed by atoms with van der Waals surface area (Å²) in [5.74, 6) is 1.45. The van der Waals surface area contributed by atoms with Crippen molar-refractivity contribution in [3.63, 3.8) is 0 Å². The van der Waals surface area contributed by atoms with E-state index < -0.39 is 0 Å². The molecular formula is C24H27N3O4. The normalized spacial score (nSPS) is 18.9. The number of benzene rings is 2. The van der Waals surface area contributed by atoms with Crippen molar-refractivity contribution in [1.82, 2.24) is 9.78 Å². The Balaban J connectivity index is 1.42. The van der Waals surface area contributed by atoms with Gasteiger partial charge in [-0.1, -0.05) is 0 Å². The standard InChI is InChI=1S/C24H27N3O4/c1-28-23-7-2-18(16-24(23)31-21-9-13-30-17-21)22-8-10-25-27(22)20-5-3-19(4-6-20)26-11-14-29-15-12-26/h2-8,10,16,21H,9,11-15,17H2,1H3. The molecule has 1 atom stereocenters. The summed E-state index contributed by atoms with van der Waals surface area (Å²) in [5, 5.41) is 4.57. The minimum atomic E-state index is 0.0572. The molecule has 0 radical (unpaired) electrons. The Morgan fingerprint density at radius 2 is 1.71 bits per heavy atom. The molecule has 1 aromatic heterocycles. The van der Waals surface area contributed by atoms with Gasteiger partial charge in [0.2, 0.25) is 0 Å². The van der Waals surface area contributed by atoms with Crippen LogP contribution < -0.4 is 14.4 Å². The fourth-order valence-corrected chi connectivity index (χ4v) is 4.07. The summed E-state index contributed by atoms with van der Waals surface area (Å²) < 4.78 is 24.5. The van der Waals surface area contributed by atoms with Crippen molar-refractivity contribution in [1.29, 1.82) is 0 Å². The van der Waals surface area contributed by atoms with Crippen LogP contribution in [0.1, 0.15) is 6.42 Å². The quantitative estimate of drug-likeness (QED) is 0.607. The van der Waals surface area contributed by atoms with Gasteiger partial charge in [0, 0.05) is 30.8 Å². The first-order valence-corrected chi connectivity index (χ1v) is 10.7. The number of morpholine rings is 1. The van der Waals surface area contributed by atoms with Gasteiger partial charge in [0.1, 0.15) is 6.10 Å². The highest BCUT2D eigenvalue weighted by molar-refractivity contribution is 5.66. The predicted molar refractivity (Wildman–Crippen MR) is 118 cm³/mol. The van der Waals surface area contributed by atoms with Gasteiger partial charge in [-0.3, -0.25) is 0 Å². The van der Waals surface area contributed by atoms with E-state index in [1.165, 1.54) is 5.69 Å². The molecule has 0 N–H and O–H groups in total. The van der Waals surface area contributed by atoms with Crippen LogP contribution in [0.5, 0.6) is 11.5 Å². The number of rotatable bonds is 6. The number of aromatic nitrogens is 2. The van der Waals surface area contributed by atoms with Crippen LogP contribution in [0, 0.1) is 0 Å². The zero-order valence-electron chi connectivity index (χ0n) is 17.7. The third-order valence-corrected chi connectivity index (χ3v) is 5.75. The minimum Gasteiger partial charge on any atom is -0.493 e. The molecule has 7 nitrogen and oxygen atoms in total. The van der Waals surface area contributed by atoms with Crippen molar-refractivity contribution in [2.75, 3.05) is 51.5 Å². The summed E-state index contributed by atoms with van der Waals surface area (Å²) in [7, 11) is 1.66. The SMILES string of the molecule is COc1ccc(-c2ccnn2-c2ccc(N3CCOCC3)cc2)cc1OC1CCOC1. The fraction of sp³-hybridized carbons (Fsp3) is 0.375. The van der Waals surface area contributed by atoms with Crippen LogP contribution in [-0.2, 0) is 9.47 Å². The van der Waals surface area contributed by atoms with Gasteiger partial charge in [-0.2, -0.15) is 5.10 Å². The van der Waals surface area contributed by atoms with Crippen LogP contribution in [0.15, 0.2) is 54.7 Å². The topological polar surface area (TPSA) is 58.0 Å². The molecule has 2 saturated heterocycles. The lowest BCUT2D eigenvalue weighted by Gasteiger charge is -2.28. The van der Waals surface area contributed by atoms with E-state index in [0.29, 0.717) is 6.61 Å². The second-order valence-electron chi connectivity index (χ2n) is 7.71. The van der Waals surface area contributed by atoms with Crippen molar-refractivity contribution in [2.45, 2.75) is 12.5 Å². The highest BCUT2D eigenvalue weighted by Gasteiger charge is 2.20. The number of anilines is 1. The summed E-state index contributed by atoms with van der Waals surface area (Å²) in [5.41, 5.74) is 4.23. The smallest absolute Gasteiger partial charge is 0.162 e. The summed E-state index contributed by atoms with van der Waals surface area (Å²) in [4.78, 5) is 2.34. The molecule has 162 valence electrons. The largest absolute Gasteiger partial charge is 0.493 e. The molecule has 0 spiro atoms. The summed E-state index contributed by atoms with van der Waals surface area (Å²) in [6.45, 7) is 4.75. The number of ether oxygens (including phenoxy) is 4. The second-order valence-corrected chi connectivity index (χ2v) is 7.71. The van der Waals surface area contributed by atoms with E-state index in [-0.39, 0.29) is 6.10 Å². The first-order chi connectivity index (χ1) is 15.3. The third-order valence-electron chi connectivity index (χ3n) is 5.75. The molecule has 0 bridgehead atoms. The highest BCUT2D eigenvalue weighted by Crippen LogP contribution is 2.35.